The van der Waals surface area contributed by atoms with Gasteiger partial charge in [-0.25, -0.2) is 0 Å². The first-order valence-corrected chi connectivity index (χ1v) is 4.36. The molecule has 2 rings (SSSR count). The van der Waals surface area contributed by atoms with Crippen molar-refractivity contribution in [3.05, 3.63) is 0 Å². The summed E-state index contributed by atoms with van der Waals surface area (Å²) in [5.41, 5.74) is 0.111. The molecular formula is C9H12O3. The van der Waals surface area contributed by atoms with Crippen LogP contribution in [0.2, 0.25) is 0 Å². The van der Waals surface area contributed by atoms with Gasteiger partial charge in [-0.15, -0.1) is 0 Å². The van der Waals surface area contributed by atoms with Crippen LogP contribution >= 0.6 is 0 Å². The van der Waals surface area contributed by atoms with Crippen LogP contribution in [0.3, 0.4) is 0 Å². The molecule has 0 saturated heterocycles. The van der Waals surface area contributed by atoms with Gasteiger partial charge in [0.25, 0.3) is 0 Å². The van der Waals surface area contributed by atoms with Crippen LogP contribution < -0.4 is 0 Å². The van der Waals surface area contributed by atoms with Crippen LogP contribution in [0.1, 0.15) is 32.1 Å². The Bertz CT molecular complexity index is 236. The summed E-state index contributed by atoms with van der Waals surface area (Å²) >= 11 is 0. The van der Waals surface area contributed by atoms with E-state index in [4.69, 9.17) is 5.11 Å². The Kier molecular flexibility index (Phi) is 1.50. The van der Waals surface area contributed by atoms with Crippen molar-refractivity contribution in [1.82, 2.24) is 0 Å². The lowest BCUT2D eigenvalue weighted by Gasteiger charge is -2.36. The monoisotopic (exact) mass is 168 g/mol. The number of rotatable bonds is 1. The van der Waals surface area contributed by atoms with Crippen LogP contribution in [0.4, 0.5) is 0 Å². The maximum atomic E-state index is 10.8. The third-order valence-corrected chi connectivity index (χ3v) is 3.20. The quantitative estimate of drug-likeness (QED) is 0.640. The Balaban J connectivity index is 1.99. The number of ketones is 1. The van der Waals surface area contributed by atoms with Crippen LogP contribution in [-0.4, -0.2) is 16.9 Å². The van der Waals surface area contributed by atoms with Crippen molar-refractivity contribution >= 4 is 11.8 Å². The summed E-state index contributed by atoms with van der Waals surface area (Å²) in [6.07, 6.45) is 3.71. The van der Waals surface area contributed by atoms with Crippen LogP contribution in [0.5, 0.6) is 0 Å². The van der Waals surface area contributed by atoms with Crippen LogP contribution in [0.15, 0.2) is 0 Å². The summed E-state index contributed by atoms with van der Waals surface area (Å²) in [7, 11) is 0. The second-order valence-corrected chi connectivity index (χ2v) is 4.17. The van der Waals surface area contributed by atoms with Gasteiger partial charge in [-0.1, -0.05) is 0 Å². The second kappa shape index (κ2) is 2.31. The van der Waals surface area contributed by atoms with Gasteiger partial charge >= 0.3 is 5.97 Å². The minimum absolute atomic E-state index is 0.111. The molecule has 0 radical (unpaired) electrons. The Labute approximate surface area is 70.8 Å². The predicted molar refractivity (Wildman–Crippen MR) is 41.7 cm³/mol. The van der Waals surface area contributed by atoms with Gasteiger partial charge in [0.2, 0.25) is 0 Å². The highest BCUT2D eigenvalue weighted by Gasteiger charge is 2.49. The average Bonchev–Trinajstić information content (AvgIpc) is 2.31. The van der Waals surface area contributed by atoms with Gasteiger partial charge in [0.15, 0.2) is 0 Å². The number of Topliss-reactive ketones (excluding diaryl/α,β-unsaturated/α-hetero) is 1. The molecule has 0 aromatic carbocycles. The SMILES string of the molecule is O=C1CC2(CCC(C(=O)O)C2)C1. The molecule has 2 aliphatic carbocycles. The number of hydrogen-bond donors (Lipinski definition) is 1. The van der Waals surface area contributed by atoms with Crippen molar-refractivity contribution in [2.45, 2.75) is 32.1 Å². The fraction of sp³-hybridized carbons (Fsp3) is 0.778. The number of carboxylic acids is 1. The summed E-state index contributed by atoms with van der Waals surface area (Å²) < 4.78 is 0. The normalized spacial score (nSPS) is 32.0. The van der Waals surface area contributed by atoms with Crippen molar-refractivity contribution in [2.24, 2.45) is 11.3 Å². The minimum Gasteiger partial charge on any atom is -0.481 e. The van der Waals surface area contributed by atoms with Gasteiger partial charge in [0.05, 0.1) is 5.92 Å². The van der Waals surface area contributed by atoms with E-state index in [0.29, 0.717) is 18.6 Å². The molecule has 12 heavy (non-hydrogen) atoms. The van der Waals surface area contributed by atoms with E-state index in [1.165, 1.54) is 0 Å². The third-order valence-electron chi connectivity index (χ3n) is 3.20. The van der Waals surface area contributed by atoms with Gasteiger partial charge in [0.1, 0.15) is 5.78 Å². The van der Waals surface area contributed by atoms with Gasteiger partial charge in [-0.3, -0.25) is 9.59 Å². The number of hydrogen-bond acceptors (Lipinski definition) is 2. The topological polar surface area (TPSA) is 54.4 Å². The molecule has 3 nitrogen and oxygen atoms in total. The van der Waals surface area contributed by atoms with Crippen molar-refractivity contribution in [3.8, 4) is 0 Å². The smallest absolute Gasteiger partial charge is 0.306 e. The molecule has 2 saturated carbocycles. The van der Waals surface area contributed by atoms with E-state index >= 15 is 0 Å². The number of carboxylic acid groups (broad SMARTS) is 1. The van der Waals surface area contributed by atoms with Crippen LogP contribution in [0.25, 0.3) is 0 Å². The van der Waals surface area contributed by atoms with Crippen molar-refractivity contribution in [2.75, 3.05) is 0 Å². The first kappa shape index (κ1) is 7.77. The number of carbonyl (C=O) groups is 2. The van der Waals surface area contributed by atoms with Gasteiger partial charge in [-0.05, 0) is 24.7 Å². The number of aliphatic carboxylic acids is 1. The molecule has 1 atom stereocenters. The molecule has 0 amide bonds. The molecule has 66 valence electrons. The molecule has 3 heteroatoms. The van der Waals surface area contributed by atoms with E-state index in [2.05, 4.69) is 0 Å². The average molecular weight is 168 g/mol. The molecule has 1 unspecified atom stereocenters. The van der Waals surface area contributed by atoms with Crippen LogP contribution in [0, 0.1) is 11.3 Å². The molecule has 2 aliphatic rings. The highest BCUT2D eigenvalue weighted by atomic mass is 16.4. The minimum atomic E-state index is -0.689. The summed E-state index contributed by atoms with van der Waals surface area (Å²) in [5, 5.41) is 8.75. The Morgan fingerprint density at radius 3 is 2.58 bits per heavy atom. The lowest BCUT2D eigenvalue weighted by atomic mass is 9.66. The van der Waals surface area contributed by atoms with Crippen molar-refractivity contribution in [1.29, 1.82) is 0 Å². The zero-order valence-electron chi connectivity index (χ0n) is 6.88. The number of carbonyl (C=O) groups excluding carboxylic acids is 1. The standard InChI is InChI=1S/C9H12O3/c10-7-4-9(5-7)2-1-6(3-9)8(11)12/h6H,1-5H2,(H,11,12). The van der Waals surface area contributed by atoms with Gasteiger partial charge in [0, 0.05) is 12.8 Å². The zero-order chi connectivity index (χ0) is 8.77. The molecule has 0 aliphatic heterocycles. The van der Waals surface area contributed by atoms with Gasteiger partial charge in [-0.2, -0.15) is 0 Å². The fourth-order valence-electron chi connectivity index (χ4n) is 2.52. The second-order valence-electron chi connectivity index (χ2n) is 4.17. The molecular weight excluding hydrogens is 156 g/mol. The summed E-state index contributed by atoms with van der Waals surface area (Å²) in [6, 6.07) is 0. The Morgan fingerprint density at radius 2 is 2.17 bits per heavy atom. The summed E-state index contributed by atoms with van der Waals surface area (Å²) in [6.45, 7) is 0. The maximum absolute atomic E-state index is 10.8. The summed E-state index contributed by atoms with van der Waals surface area (Å²) in [4.78, 5) is 21.4. The van der Waals surface area contributed by atoms with E-state index in [-0.39, 0.29) is 11.3 Å². The van der Waals surface area contributed by atoms with E-state index in [1.807, 2.05) is 0 Å². The van der Waals surface area contributed by atoms with E-state index < -0.39 is 5.97 Å². The molecule has 2 fully saturated rings. The molecule has 0 heterocycles. The molecule has 1 N–H and O–H groups in total. The largest absolute Gasteiger partial charge is 0.481 e. The Hall–Kier alpha value is -0.860. The molecule has 0 bridgehead atoms. The molecule has 0 aromatic heterocycles. The molecule has 1 spiro atoms. The van der Waals surface area contributed by atoms with E-state index in [0.717, 1.165) is 19.3 Å². The zero-order valence-corrected chi connectivity index (χ0v) is 6.88. The first-order chi connectivity index (χ1) is 5.61. The van der Waals surface area contributed by atoms with E-state index in [1.54, 1.807) is 0 Å². The third kappa shape index (κ3) is 1.04. The fourth-order valence-corrected chi connectivity index (χ4v) is 2.52. The maximum Gasteiger partial charge on any atom is 0.306 e. The predicted octanol–water partition coefficient (Wildman–Crippen LogP) is 1.22. The van der Waals surface area contributed by atoms with Crippen molar-refractivity contribution in [3.63, 3.8) is 0 Å². The highest BCUT2D eigenvalue weighted by molar-refractivity contribution is 5.86. The van der Waals surface area contributed by atoms with Crippen molar-refractivity contribution < 1.29 is 14.7 Å². The highest BCUT2D eigenvalue weighted by Crippen LogP contribution is 2.53. The summed E-state index contributed by atoms with van der Waals surface area (Å²) in [5.74, 6) is -0.564. The lowest BCUT2D eigenvalue weighted by Crippen LogP contribution is -2.35. The lowest BCUT2D eigenvalue weighted by molar-refractivity contribution is -0.143. The first-order valence-electron chi connectivity index (χ1n) is 4.36. The van der Waals surface area contributed by atoms with Gasteiger partial charge < -0.3 is 5.11 Å². The van der Waals surface area contributed by atoms with E-state index in [9.17, 15) is 9.59 Å². The Morgan fingerprint density at radius 1 is 1.50 bits per heavy atom. The van der Waals surface area contributed by atoms with Crippen LogP contribution in [-0.2, 0) is 9.59 Å². The molecule has 0 aromatic rings.